The van der Waals surface area contributed by atoms with Gasteiger partial charge in [-0.2, -0.15) is 9.97 Å². The summed E-state index contributed by atoms with van der Waals surface area (Å²) in [5.41, 5.74) is 1.36. The van der Waals surface area contributed by atoms with Gasteiger partial charge in [-0.15, -0.1) is 0 Å². The molecule has 27 heavy (non-hydrogen) atoms. The number of anilines is 1. The normalized spacial score (nSPS) is 15.6. The van der Waals surface area contributed by atoms with E-state index in [9.17, 15) is 4.79 Å². The van der Waals surface area contributed by atoms with Gasteiger partial charge in [0.2, 0.25) is 11.2 Å². The Bertz CT molecular complexity index is 753. The number of halogens is 1. The number of carbonyl (C=O) groups excluding carboxylic acids is 1. The summed E-state index contributed by atoms with van der Waals surface area (Å²) < 4.78 is 0. The number of aromatic nitrogens is 4. The van der Waals surface area contributed by atoms with Crippen LogP contribution in [0.25, 0.3) is 11.2 Å². The number of nitrogens with one attached hydrogen (secondary N) is 2. The van der Waals surface area contributed by atoms with Crippen molar-refractivity contribution in [1.82, 2.24) is 30.2 Å². The van der Waals surface area contributed by atoms with Crippen LogP contribution in [-0.2, 0) is 4.79 Å². The van der Waals surface area contributed by atoms with Crippen molar-refractivity contribution >= 4 is 34.5 Å². The van der Waals surface area contributed by atoms with Crippen LogP contribution in [0.4, 0.5) is 5.82 Å². The Morgan fingerprint density at radius 1 is 1.33 bits per heavy atom. The maximum atomic E-state index is 12.4. The second kappa shape index (κ2) is 9.32. The summed E-state index contributed by atoms with van der Waals surface area (Å²) >= 11 is 6.02. The number of nitrogens with zero attached hydrogens (tertiary/aromatic N) is 5. The van der Waals surface area contributed by atoms with Crippen LogP contribution >= 0.6 is 11.6 Å². The lowest BCUT2D eigenvalue weighted by Gasteiger charge is -2.32. The molecule has 0 aliphatic carbocycles. The van der Waals surface area contributed by atoms with E-state index in [1.165, 1.54) is 0 Å². The predicted molar refractivity (Wildman–Crippen MR) is 107 cm³/mol. The monoisotopic (exact) mass is 393 g/mol. The lowest BCUT2D eigenvalue weighted by atomic mass is 9.96. The fraction of sp³-hybridized carbons (Fsp3) is 0.667. The number of aromatic amines is 1. The van der Waals surface area contributed by atoms with Crippen molar-refractivity contribution < 1.29 is 4.79 Å². The standard InChI is InChI=1S/C18H28ClN7O/c1-3-25(4-2)9-5-8-20-17(27)13-6-10-26(11-7-13)16-14-15(22-12-21-14)23-18(19)24-16/h12-13H,3-11H2,1-2H3,(H,20,27)(H,21,22,23,24). The van der Waals surface area contributed by atoms with Crippen molar-refractivity contribution in [2.45, 2.75) is 33.1 Å². The zero-order valence-corrected chi connectivity index (χ0v) is 16.8. The van der Waals surface area contributed by atoms with Crippen molar-refractivity contribution in [3.05, 3.63) is 11.6 Å². The number of hydrogen-bond donors (Lipinski definition) is 2. The molecular formula is C18H28ClN7O. The van der Waals surface area contributed by atoms with Crippen molar-refractivity contribution in [3.63, 3.8) is 0 Å². The van der Waals surface area contributed by atoms with E-state index in [-0.39, 0.29) is 17.1 Å². The average molecular weight is 394 g/mol. The quantitative estimate of drug-likeness (QED) is 0.527. The third-order valence-corrected chi connectivity index (χ3v) is 5.42. The van der Waals surface area contributed by atoms with Gasteiger partial charge in [-0.25, -0.2) is 4.98 Å². The van der Waals surface area contributed by atoms with E-state index in [2.05, 4.69) is 48.9 Å². The number of piperidine rings is 1. The number of hydrogen-bond acceptors (Lipinski definition) is 6. The first-order valence-corrected chi connectivity index (χ1v) is 10.1. The Labute approximate surface area is 164 Å². The molecule has 0 radical (unpaired) electrons. The molecule has 0 unspecified atom stereocenters. The van der Waals surface area contributed by atoms with E-state index in [4.69, 9.17) is 11.6 Å². The summed E-state index contributed by atoms with van der Waals surface area (Å²) in [5.74, 6) is 0.992. The lowest BCUT2D eigenvalue weighted by Crippen LogP contribution is -2.41. The van der Waals surface area contributed by atoms with Crippen LogP contribution in [0.3, 0.4) is 0 Å². The topological polar surface area (TPSA) is 90.0 Å². The molecule has 9 heteroatoms. The highest BCUT2D eigenvalue weighted by atomic mass is 35.5. The van der Waals surface area contributed by atoms with E-state index in [1.54, 1.807) is 6.33 Å². The fourth-order valence-electron chi connectivity index (χ4n) is 3.57. The van der Waals surface area contributed by atoms with Crippen molar-refractivity contribution in [1.29, 1.82) is 0 Å². The first-order valence-electron chi connectivity index (χ1n) is 9.74. The molecular weight excluding hydrogens is 366 g/mol. The zero-order chi connectivity index (χ0) is 19.2. The molecule has 3 rings (SSSR count). The van der Waals surface area contributed by atoms with Gasteiger partial charge in [0.15, 0.2) is 11.5 Å². The molecule has 148 valence electrons. The van der Waals surface area contributed by atoms with E-state index >= 15 is 0 Å². The number of carbonyl (C=O) groups is 1. The Balaban J connectivity index is 1.48. The Hall–Kier alpha value is -1.93. The molecule has 1 aliphatic heterocycles. The smallest absolute Gasteiger partial charge is 0.226 e. The number of H-pyrrole nitrogens is 1. The molecule has 0 bridgehead atoms. The third-order valence-electron chi connectivity index (χ3n) is 5.25. The summed E-state index contributed by atoms with van der Waals surface area (Å²) in [6.07, 6.45) is 4.19. The number of imidazole rings is 1. The highest BCUT2D eigenvalue weighted by molar-refractivity contribution is 6.28. The van der Waals surface area contributed by atoms with Gasteiger partial charge in [0.05, 0.1) is 6.33 Å². The summed E-state index contributed by atoms with van der Waals surface area (Å²) in [7, 11) is 0. The Morgan fingerprint density at radius 2 is 2.07 bits per heavy atom. The molecule has 1 fully saturated rings. The minimum absolute atomic E-state index is 0.0595. The predicted octanol–water partition coefficient (Wildman–Crippen LogP) is 2.07. The number of fused-ring (bicyclic) bond motifs is 1. The molecule has 1 saturated heterocycles. The summed E-state index contributed by atoms with van der Waals surface area (Å²) in [6, 6.07) is 0. The van der Waals surface area contributed by atoms with Gasteiger partial charge in [0.25, 0.3) is 0 Å². The van der Waals surface area contributed by atoms with Crippen molar-refractivity contribution in [2.75, 3.05) is 44.2 Å². The molecule has 8 nitrogen and oxygen atoms in total. The van der Waals surface area contributed by atoms with E-state index in [0.29, 0.717) is 5.65 Å². The molecule has 0 spiro atoms. The van der Waals surface area contributed by atoms with E-state index in [0.717, 1.165) is 69.9 Å². The minimum atomic E-state index is 0.0595. The highest BCUT2D eigenvalue weighted by Crippen LogP contribution is 2.27. The number of amides is 1. The van der Waals surface area contributed by atoms with Gasteiger partial charge in [-0.3, -0.25) is 4.79 Å². The number of rotatable bonds is 8. The summed E-state index contributed by atoms with van der Waals surface area (Å²) in [6.45, 7) is 9.73. The average Bonchev–Trinajstić information content (AvgIpc) is 3.15. The maximum absolute atomic E-state index is 12.4. The van der Waals surface area contributed by atoms with Crippen LogP contribution in [0, 0.1) is 5.92 Å². The molecule has 0 saturated carbocycles. The minimum Gasteiger partial charge on any atom is -0.356 e. The van der Waals surface area contributed by atoms with Crippen molar-refractivity contribution in [3.8, 4) is 0 Å². The van der Waals surface area contributed by atoms with Gasteiger partial charge in [0.1, 0.15) is 5.52 Å². The van der Waals surface area contributed by atoms with Gasteiger partial charge >= 0.3 is 0 Å². The van der Waals surface area contributed by atoms with Gasteiger partial charge in [0, 0.05) is 25.6 Å². The molecule has 0 atom stereocenters. The Kier molecular flexibility index (Phi) is 6.84. The van der Waals surface area contributed by atoms with Crippen LogP contribution in [0.5, 0.6) is 0 Å². The maximum Gasteiger partial charge on any atom is 0.226 e. The summed E-state index contributed by atoms with van der Waals surface area (Å²) in [5, 5.41) is 3.29. The Morgan fingerprint density at radius 3 is 2.78 bits per heavy atom. The van der Waals surface area contributed by atoms with Gasteiger partial charge in [-0.05, 0) is 50.5 Å². The molecule has 1 amide bonds. The molecule has 3 heterocycles. The fourth-order valence-corrected chi connectivity index (χ4v) is 3.73. The van der Waals surface area contributed by atoms with Crippen LogP contribution < -0.4 is 10.2 Å². The van der Waals surface area contributed by atoms with Crippen molar-refractivity contribution in [2.24, 2.45) is 5.92 Å². The van der Waals surface area contributed by atoms with Crippen LogP contribution in [0.15, 0.2) is 6.33 Å². The van der Waals surface area contributed by atoms with Crippen LogP contribution in [0.2, 0.25) is 5.28 Å². The second-order valence-electron chi connectivity index (χ2n) is 6.85. The second-order valence-corrected chi connectivity index (χ2v) is 7.19. The van der Waals surface area contributed by atoms with Crippen LogP contribution in [0.1, 0.15) is 33.1 Å². The van der Waals surface area contributed by atoms with Gasteiger partial charge < -0.3 is 20.1 Å². The lowest BCUT2D eigenvalue weighted by molar-refractivity contribution is -0.125. The molecule has 2 aromatic rings. The third kappa shape index (κ3) is 4.87. The summed E-state index contributed by atoms with van der Waals surface area (Å²) in [4.78, 5) is 32.7. The molecule has 2 N–H and O–H groups in total. The van der Waals surface area contributed by atoms with Crippen LogP contribution in [-0.4, -0.2) is 70.0 Å². The first-order chi connectivity index (χ1) is 13.1. The van der Waals surface area contributed by atoms with E-state index < -0.39 is 0 Å². The SMILES string of the molecule is CCN(CC)CCCNC(=O)C1CCN(c2nc(Cl)nc3nc[nH]c23)CC1. The van der Waals surface area contributed by atoms with E-state index in [1.807, 2.05) is 0 Å². The highest BCUT2D eigenvalue weighted by Gasteiger charge is 2.27. The molecule has 2 aromatic heterocycles. The first kappa shape index (κ1) is 19.8. The molecule has 1 aliphatic rings. The zero-order valence-electron chi connectivity index (χ0n) is 16.0. The molecule has 0 aromatic carbocycles. The largest absolute Gasteiger partial charge is 0.356 e. The van der Waals surface area contributed by atoms with Gasteiger partial charge in [-0.1, -0.05) is 13.8 Å².